The van der Waals surface area contributed by atoms with Gasteiger partial charge in [-0.15, -0.1) is 0 Å². The molecule has 4 saturated heterocycles. The summed E-state index contributed by atoms with van der Waals surface area (Å²) in [6.45, 7) is 3.38. The third kappa shape index (κ3) is 2.17. The number of hydrogen-bond donors (Lipinski definition) is 0. The van der Waals surface area contributed by atoms with Crippen LogP contribution in [-0.4, -0.2) is 70.8 Å². The van der Waals surface area contributed by atoms with Crippen LogP contribution >= 0.6 is 0 Å². The lowest BCUT2D eigenvalue weighted by Crippen LogP contribution is -2.64. The lowest BCUT2D eigenvalue weighted by molar-refractivity contribution is -0.160. The second kappa shape index (κ2) is 5.27. The lowest BCUT2D eigenvalue weighted by Gasteiger charge is -2.46. The standard InChI is InChI=1S/C16H25N3O2/c20-15-11-19(16(21)14-6-2-4-9-18(14)15)13-7-10-17-8-3-1-5-12(13)17/h12-14H,1-11H2. The van der Waals surface area contributed by atoms with Gasteiger partial charge in [0.1, 0.15) is 12.6 Å². The van der Waals surface area contributed by atoms with Gasteiger partial charge >= 0.3 is 0 Å². The maximum absolute atomic E-state index is 12.9. The Hall–Kier alpha value is -1.10. The first kappa shape index (κ1) is 13.6. The smallest absolute Gasteiger partial charge is 0.246 e. The Labute approximate surface area is 126 Å². The molecule has 3 atom stereocenters. The molecule has 4 aliphatic rings. The summed E-state index contributed by atoms with van der Waals surface area (Å²) in [6.07, 6.45) is 7.79. The number of piperidine rings is 2. The third-order valence-corrected chi connectivity index (χ3v) is 5.92. The van der Waals surface area contributed by atoms with Gasteiger partial charge in [-0.25, -0.2) is 0 Å². The second-order valence-electron chi connectivity index (χ2n) is 7.02. The molecule has 0 N–H and O–H groups in total. The van der Waals surface area contributed by atoms with Crippen molar-refractivity contribution in [2.45, 2.75) is 63.1 Å². The minimum atomic E-state index is -0.155. The first-order chi connectivity index (χ1) is 10.3. The molecule has 4 aliphatic heterocycles. The van der Waals surface area contributed by atoms with Crippen LogP contribution in [0.4, 0.5) is 0 Å². The average molecular weight is 291 g/mol. The Morgan fingerprint density at radius 2 is 1.57 bits per heavy atom. The largest absolute Gasteiger partial charge is 0.329 e. The molecule has 4 fully saturated rings. The van der Waals surface area contributed by atoms with Crippen LogP contribution < -0.4 is 0 Å². The minimum Gasteiger partial charge on any atom is -0.329 e. The van der Waals surface area contributed by atoms with Gasteiger partial charge in [0.15, 0.2) is 0 Å². The molecule has 21 heavy (non-hydrogen) atoms. The van der Waals surface area contributed by atoms with Gasteiger partial charge in [-0.1, -0.05) is 6.42 Å². The lowest BCUT2D eigenvalue weighted by atomic mass is 9.93. The van der Waals surface area contributed by atoms with Crippen LogP contribution in [0.2, 0.25) is 0 Å². The van der Waals surface area contributed by atoms with E-state index in [-0.39, 0.29) is 23.9 Å². The van der Waals surface area contributed by atoms with Crippen LogP contribution in [0.25, 0.3) is 0 Å². The fourth-order valence-electron chi connectivity index (χ4n) is 4.86. The van der Waals surface area contributed by atoms with E-state index in [1.807, 2.05) is 9.80 Å². The van der Waals surface area contributed by atoms with Crippen LogP contribution in [0.3, 0.4) is 0 Å². The van der Waals surface area contributed by atoms with Gasteiger partial charge in [0.25, 0.3) is 0 Å². The fourth-order valence-corrected chi connectivity index (χ4v) is 4.86. The van der Waals surface area contributed by atoms with Crippen molar-refractivity contribution in [1.29, 1.82) is 0 Å². The Kier molecular flexibility index (Phi) is 3.40. The maximum atomic E-state index is 12.9. The molecule has 2 amide bonds. The Balaban J connectivity index is 1.54. The number of amides is 2. The molecule has 0 spiro atoms. The van der Waals surface area contributed by atoms with Crippen LogP contribution in [0.5, 0.6) is 0 Å². The van der Waals surface area contributed by atoms with Gasteiger partial charge in [0, 0.05) is 25.2 Å². The number of fused-ring (bicyclic) bond motifs is 2. The first-order valence-electron chi connectivity index (χ1n) is 8.60. The van der Waals surface area contributed by atoms with E-state index in [1.54, 1.807) is 0 Å². The normalized spacial score (nSPS) is 37.6. The predicted octanol–water partition coefficient (Wildman–Crippen LogP) is 0.837. The van der Waals surface area contributed by atoms with E-state index in [4.69, 9.17) is 0 Å². The van der Waals surface area contributed by atoms with Crippen LogP contribution in [0.15, 0.2) is 0 Å². The Morgan fingerprint density at radius 3 is 2.48 bits per heavy atom. The summed E-state index contributed by atoms with van der Waals surface area (Å²) < 4.78 is 0. The van der Waals surface area contributed by atoms with Gasteiger partial charge in [0.2, 0.25) is 11.8 Å². The van der Waals surface area contributed by atoms with Crippen LogP contribution in [0, 0.1) is 0 Å². The summed E-state index contributed by atoms with van der Waals surface area (Å²) in [5.74, 6) is 0.403. The van der Waals surface area contributed by atoms with Crippen molar-refractivity contribution in [2.75, 3.05) is 26.2 Å². The molecule has 3 unspecified atom stereocenters. The molecule has 0 aromatic heterocycles. The van der Waals surface area contributed by atoms with E-state index in [0.29, 0.717) is 12.6 Å². The first-order valence-corrected chi connectivity index (χ1v) is 8.60. The Morgan fingerprint density at radius 1 is 0.762 bits per heavy atom. The number of piperazine rings is 1. The fraction of sp³-hybridized carbons (Fsp3) is 0.875. The SMILES string of the molecule is O=C1CN(C2CCN3CCCCC23)C(=O)C2CCCCN12. The summed E-state index contributed by atoms with van der Waals surface area (Å²) in [7, 11) is 0. The van der Waals surface area contributed by atoms with Crippen molar-refractivity contribution in [3.8, 4) is 0 Å². The van der Waals surface area contributed by atoms with Crippen LogP contribution in [0.1, 0.15) is 44.9 Å². The van der Waals surface area contributed by atoms with Gasteiger partial charge in [-0.05, 0) is 45.1 Å². The highest BCUT2D eigenvalue weighted by atomic mass is 16.2. The molecule has 5 heteroatoms. The molecule has 4 rings (SSSR count). The molecule has 5 nitrogen and oxygen atoms in total. The molecular weight excluding hydrogens is 266 g/mol. The Bertz CT molecular complexity index is 453. The summed E-state index contributed by atoms with van der Waals surface area (Å²) in [4.78, 5) is 31.6. The van der Waals surface area contributed by atoms with Crippen LogP contribution in [-0.2, 0) is 9.59 Å². The van der Waals surface area contributed by atoms with Gasteiger partial charge in [-0.3, -0.25) is 14.5 Å². The highest BCUT2D eigenvalue weighted by molar-refractivity contribution is 5.95. The van der Waals surface area contributed by atoms with E-state index < -0.39 is 0 Å². The minimum absolute atomic E-state index is 0.155. The summed E-state index contributed by atoms with van der Waals surface area (Å²) >= 11 is 0. The molecule has 0 aliphatic carbocycles. The highest BCUT2D eigenvalue weighted by Gasteiger charge is 2.47. The van der Waals surface area contributed by atoms with E-state index in [2.05, 4.69) is 4.90 Å². The molecule has 116 valence electrons. The van der Waals surface area contributed by atoms with E-state index in [0.717, 1.165) is 38.8 Å². The monoisotopic (exact) mass is 291 g/mol. The van der Waals surface area contributed by atoms with E-state index in [9.17, 15) is 9.59 Å². The molecule has 0 aromatic carbocycles. The molecule has 0 saturated carbocycles. The average Bonchev–Trinajstić information content (AvgIpc) is 2.95. The van der Waals surface area contributed by atoms with E-state index >= 15 is 0 Å². The number of nitrogens with zero attached hydrogens (tertiary/aromatic N) is 3. The summed E-state index contributed by atoms with van der Waals surface area (Å²) in [5.41, 5.74) is 0. The van der Waals surface area contributed by atoms with Crippen molar-refractivity contribution in [3.05, 3.63) is 0 Å². The number of carbonyl (C=O) groups is 2. The number of hydrogen-bond acceptors (Lipinski definition) is 3. The summed E-state index contributed by atoms with van der Waals surface area (Å²) in [5, 5.41) is 0. The van der Waals surface area contributed by atoms with Crippen molar-refractivity contribution in [2.24, 2.45) is 0 Å². The molecule has 4 heterocycles. The zero-order valence-corrected chi connectivity index (χ0v) is 12.7. The number of rotatable bonds is 1. The topological polar surface area (TPSA) is 43.9 Å². The molecule has 0 radical (unpaired) electrons. The van der Waals surface area contributed by atoms with Gasteiger partial charge in [0.05, 0.1) is 0 Å². The summed E-state index contributed by atoms with van der Waals surface area (Å²) in [6, 6.07) is 0.633. The third-order valence-electron chi connectivity index (χ3n) is 5.92. The predicted molar refractivity (Wildman–Crippen MR) is 78.7 cm³/mol. The molecule has 0 bridgehead atoms. The van der Waals surface area contributed by atoms with Gasteiger partial charge < -0.3 is 9.80 Å². The quantitative estimate of drug-likeness (QED) is 0.719. The van der Waals surface area contributed by atoms with E-state index in [1.165, 1.54) is 25.8 Å². The maximum Gasteiger partial charge on any atom is 0.246 e. The van der Waals surface area contributed by atoms with Crippen molar-refractivity contribution in [3.63, 3.8) is 0 Å². The number of carbonyl (C=O) groups excluding carboxylic acids is 2. The van der Waals surface area contributed by atoms with Crippen molar-refractivity contribution in [1.82, 2.24) is 14.7 Å². The second-order valence-corrected chi connectivity index (χ2v) is 7.02. The zero-order chi connectivity index (χ0) is 14.4. The van der Waals surface area contributed by atoms with Gasteiger partial charge in [-0.2, -0.15) is 0 Å². The highest BCUT2D eigenvalue weighted by Crippen LogP contribution is 2.33. The molecule has 0 aromatic rings. The zero-order valence-electron chi connectivity index (χ0n) is 12.7. The van der Waals surface area contributed by atoms with Crippen molar-refractivity contribution < 1.29 is 9.59 Å². The van der Waals surface area contributed by atoms with Crippen molar-refractivity contribution >= 4 is 11.8 Å². The molecular formula is C16H25N3O2.